The van der Waals surface area contributed by atoms with Crippen molar-refractivity contribution in [2.24, 2.45) is 0 Å². The molecule has 0 saturated heterocycles. The minimum absolute atomic E-state index is 0.305. The number of anilines is 2. The fraction of sp³-hybridized carbons (Fsp3) is 0.222. The predicted octanol–water partition coefficient (Wildman–Crippen LogP) is 2.48. The molecule has 2 rings (SSSR count). The number of hydrogen-bond acceptors (Lipinski definition) is 4. The van der Waals surface area contributed by atoms with Gasteiger partial charge in [-0.15, -0.1) is 0 Å². The van der Waals surface area contributed by atoms with Gasteiger partial charge in [-0.1, -0.05) is 31.2 Å². The van der Waals surface area contributed by atoms with Crippen molar-refractivity contribution in [2.45, 2.75) is 13.3 Å². The smallest absolute Gasteiger partial charge is 0.255 e. The van der Waals surface area contributed by atoms with Gasteiger partial charge < -0.3 is 10.6 Å². The van der Waals surface area contributed by atoms with Crippen LogP contribution < -0.4 is 10.6 Å². The van der Waals surface area contributed by atoms with Crippen LogP contribution in [0.3, 0.4) is 0 Å². The van der Waals surface area contributed by atoms with E-state index in [1.807, 2.05) is 31.2 Å². The summed E-state index contributed by atoms with van der Waals surface area (Å²) in [4.78, 5) is 24.1. The van der Waals surface area contributed by atoms with Crippen molar-refractivity contribution >= 4 is 33.0 Å². The number of benzene rings is 2. The molecule has 0 unspecified atom stereocenters. The summed E-state index contributed by atoms with van der Waals surface area (Å²) in [6.45, 7) is 2.00. The molecule has 25 heavy (non-hydrogen) atoms. The fourth-order valence-corrected chi connectivity index (χ4v) is 2.87. The van der Waals surface area contributed by atoms with Crippen LogP contribution in [-0.4, -0.2) is 32.2 Å². The van der Waals surface area contributed by atoms with Crippen LogP contribution in [0, 0.1) is 0 Å². The molecule has 0 radical (unpaired) electrons. The molecule has 2 aromatic carbocycles. The quantitative estimate of drug-likeness (QED) is 0.828. The third kappa shape index (κ3) is 5.72. The second-order valence-electron chi connectivity index (χ2n) is 5.66. The Morgan fingerprint density at radius 1 is 1.00 bits per heavy atom. The molecule has 0 fully saturated rings. The topological polar surface area (TPSA) is 92.3 Å². The largest absolute Gasteiger partial charge is 0.325 e. The van der Waals surface area contributed by atoms with E-state index in [0.717, 1.165) is 23.9 Å². The Morgan fingerprint density at radius 3 is 2.40 bits per heavy atom. The molecule has 0 heterocycles. The number of hydrogen-bond donors (Lipinski definition) is 2. The maximum Gasteiger partial charge on any atom is 0.255 e. The van der Waals surface area contributed by atoms with Gasteiger partial charge in [-0.05, 0) is 36.2 Å². The molecule has 6 nitrogen and oxygen atoms in total. The zero-order valence-electron chi connectivity index (χ0n) is 14.1. The van der Waals surface area contributed by atoms with Gasteiger partial charge in [0.15, 0.2) is 9.84 Å². The third-order valence-corrected chi connectivity index (χ3v) is 4.23. The van der Waals surface area contributed by atoms with Crippen LogP contribution in [0.4, 0.5) is 11.4 Å². The number of carbonyl (C=O) groups is 2. The number of rotatable bonds is 6. The van der Waals surface area contributed by atoms with Crippen molar-refractivity contribution < 1.29 is 18.0 Å². The van der Waals surface area contributed by atoms with Crippen LogP contribution in [0.5, 0.6) is 0 Å². The number of amides is 2. The first-order valence-corrected chi connectivity index (χ1v) is 9.81. The van der Waals surface area contributed by atoms with Gasteiger partial charge in [-0.25, -0.2) is 8.42 Å². The van der Waals surface area contributed by atoms with Gasteiger partial charge in [0.1, 0.15) is 5.75 Å². The lowest BCUT2D eigenvalue weighted by atomic mass is 10.1. The summed E-state index contributed by atoms with van der Waals surface area (Å²) in [7, 11) is -3.41. The molecule has 0 aliphatic rings. The Kier molecular flexibility index (Phi) is 5.93. The first-order valence-electron chi connectivity index (χ1n) is 7.75. The second-order valence-corrected chi connectivity index (χ2v) is 7.80. The van der Waals surface area contributed by atoms with Gasteiger partial charge in [-0.2, -0.15) is 0 Å². The molecular formula is C18H20N2O4S. The molecule has 2 amide bonds. The average Bonchev–Trinajstić information content (AvgIpc) is 2.53. The number of carbonyl (C=O) groups excluding carboxylic acids is 2. The van der Waals surface area contributed by atoms with E-state index in [4.69, 9.17) is 0 Å². The van der Waals surface area contributed by atoms with Gasteiger partial charge >= 0.3 is 0 Å². The first kappa shape index (κ1) is 18.7. The fourth-order valence-electron chi connectivity index (χ4n) is 2.32. The van der Waals surface area contributed by atoms with E-state index in [1.165, 1.54) is 6.07 Å². The Morgan fingerprint density at radius 2 is 1.72 bits per heavy atom. The highest BCUT2D eigenvalue weighted by atomic mass is 32.2. The first-order chi connectivity index (χ1) is 11.8. The van der Waals surface area contributed by atoms with Crippen molar-refractivity contribution in [3.8, 4) is 0 Å². The monoisotopic (exact) mass is 360 g/mol. The van der Waals surface area contributed by atoms with Crippen molar-refractivity contribution in [2.75, 3.05) is 22.6 Å². The standard InChI is InChI=1S/C18H20N2O4S/c1-3-13-7-4-5-10-16(13)20-18(22)14-8-6-9-15(11-14)19-17(21)12-25(2,23)24/h4-11H,3,12H2,1-2H3,(H,19,21)(H,20,22). The molecule has 0 bridgehead atoms. The number of nitrogens with one attached hydrogen (secondary N) is 2. The van der Waals surface area contributed by atoms with Crippen molar-refractivity contribution in [3.63, 3.8) is 0 Å². The number of sulfone groups is 1. The molecule has 0 aliphatic heterocycles. The lowest BCUT2D eigenvalue weighted by Crippen LogP contribution is -2.22. The Hall–Kier alpha value is -2.67. The minimum atomic E-state index is -3.41. The van der Waals surface area contributed by atoms with Crippen LogP contribution in [0.2, 0.25) is 0 Å². The summed E-state index contributed by atoms with van der Waals surface area (Å²) in [5, 5.41) is 5.33. The maximum absolute atomic E-state index is 12.4. The summed E-state index contributed by atoms with van der Waals surface area (Å²) in [5.41, 5.74) is 2.49. The van der Waals surface area contributed by atoms with Gasteiger partial charge in [0.25, 0.3) is 5.91 Å². The van der Waals surface area contributed by atoms with E-state index in [-0.39, 0.29) is 5.91 Å². The van der Waals surface area contributed by atoms with Crippen LogP contribution in [0.15, 0.2) is 48.5 Å². The van der Waals surface area contributed by atoms with Crippen LogP contribution >= 0.6 is 0 Å². The molecule has 7 heteroatoms. The summed E-state index contributed by atoms with van der Waals surface area (Å²) < 4.78 is 22.3. The van der Waals surface area contributed by atoms with Gasteiger partial charge in [0.05, 0.1) is 0 Å². The highest BCUT2D eigenvalue weighted by Gasteiger charge is 2.13. The Bertz CT molecular complexity index is 891. The molecule has 2 N–H and O–H groups in total. The van der Waals surface area contributed by atoms with Crippen LogP contribution in [0.1, 0.15) is 22.8 Å². The van der Waals surface area contributed by atoms with E-state index in [0.29, 0.717) is 11.3 Å². The van der Waals surface area contributed by atoms with Gasteiger partial charge in [-0.3, -0.25) is 9.59 Å². The predicted molar refractivity (Wildman–Crippen MR) is 98.6 cm³/mol. The SMILES string of the molecule is CCc1ccccc1NC(=O)c1cccc(NC(=O)CS(C)(=O)=O)c1. The summed E-state index contributed by atoms with van der Waals surface area (Å²) in [5.74, 6) is -1.55. The lowest BCUT2D eigenvalue weighted by Gasteiger charge is -2.11. The van der Waals surface area contributed by atoms with Crippen LogP contribution in [-0.2, 0) is 21.1 Å². The van der Waals surface area contributed by atoms with E-state index in [9.17, 15) is 18.0 Å². The van der Waals surface area contributed by atoms with Crippen LogP contribution in [0.25, 0.3) is 0 Å². The minimum Gasteiger partial charge on any atom is -0.325 e. The number of aryl methyl sites for hydroxylation is 1. The van der Waals surface area contributed by atoms with E-state index in [2.05, 4.69) is 10.6 Å². The highest BCUT2D eigenvalue weighted by molar-refractivity contribution is 7.91. The summed E-state index contributed by atoms with van der Waals surface area (Å²) in [6, 6.07) is 13.9. The van der Waals surface area contributed by atoms with Crippen molar-refractivity contribution in [1.29, 1.82) is 0 Å². The summed E-state index contributed by atoms with van der Waals surface area (Å²) >= 11 is 0. The molecular weight excluding hydrogens is 340 g/mol. The van der Waals surface area contributed by atoms with E-state index in [1.54, 1.807) is 18.2 Å². The Balaban J connectivity index is 2.12. The average molecular weight is 360 g/mol. The van der Waals surface area contributed by atoms with Crippen molar-refractivity contribution in [3.05, 3.63) is 59.7 Å². The molecule has 0 aliphatic carbocycles. The number of para-hydroxylation sites is 1. The zero-order valence-corrected chi connectivity index (χ0v) is 14.9. The molecule has 0 aromatic heterocycles. The van der Waals surface area contributed by atoms with Gasteiger partial charge in [0.2, 0.25) is 5.91 Å². The maximum atomic E-state index is 12.4. The third-order valence-electron chi connectivity index (χ3n) is 3.45. The van der Waals surface area contributed by atoms with E-state index >= 15 is 0 Å². The molecule has 0 atom stereocenters. The Labute approximate surface area is 147 Å². The molecule has 0 saturated carbocycles. The normalized spacial score (nSPS) is 11.0. The summed E-state index contributed by atoms with van der Waals surface area (Å²) in [6.07, 6.45) is 1.78. The second kappa shape index (κ2) is 7.94. The molecule has 0 spiro atoms. The zero-order chi connectivity index (χ0) is 18.4. The lowest BCUT2D eigenvalue weighted by molar-refractivity contribution is -0.113. The van der Waals surface area contributed by atoms with Crippen molar-refractivity contribution in [1.82, 2.24) is 0 Å². The van der Waals surface area contributed by atoms with Gasteiger partial charge in [0, 0.05) is 23.2 Å². The highest BCUT2D eigenvalue weighted by Crippen LogP contribution is 2.18. The molecule has 2 aromatic rings. The van der Waals surface area contributed by atoms with E-state index < -0.39 is 21.5 Å². The molecule has 132 valence electrons.